The summed E-state index contributed by atoms with van der Waals surface area (Å²) in [6.07, 6.45) is 0.981. The lowest BCUT2D eigenvalue weighted by Gasteiger charge is -2.16. The third kappa shape index (κ3) is 2.53. The Morgan fingerprint density at radius 1 is 1.13 bits per heavy atom. The van der Waals surface area contributed by atoms with Crippen molar-refractivity contribution in [3.8, 4) is 0 Å². The van der Waals surface area contributed by atoms with Crippen molar-refractivity contribution in [2.45, 2.75) is 47.1 Å². The highest BCUT2D eigenvalue weighted by atomic mass is 14.9. The third-order valence-corrected chi connectivity index (χ3v) is 2.81. The van der Waals surface area contributed by atoms with Crippen molar-refractivity contribution in [2.75, 3.05) is 0 Å². The molecule has 3 nitrogen and oxygen atoms in total. The molecule has 1 atom stereocenters. The molecule has 1 rings (SSSR count). The first-order valence-corrected chi connectivity index (χ1v) is 5.57. The van der Waals surface area contributed by atoms with Gasteiger partial charge in [0.25, 0.3) is 0 Å². The van der Waals surface area contributed by atoms with E-state index in [1.54, 1.807) is 0 Å². The van der Waals surface area contributed by atoms with Crippen molar-refractivity contribution >= 4 is 0 Å². The number of hydrogen-bond acceptors (Lipinski definition) is 3. The lowest BCUT2D eigenvalue weighted by molar-refractivity contribution is 0.487. The first kappa shape index (κ1) is 12.1. The Balaban J connectivity index is 3.14. The maximum Gasteiger partial charge on any atom is 0.145 e. The lowest BCUT2D eigenvalue weighted by atomic mass is 10.0. The van der Waals surface area contributed by atoms with Crippen LogP contribution in [0, 0.1) is 19.8 Å². The maximum atomic E-state index is 6.04. The van der Waals surface area contributed by atoms with Crippen molar-refractivity contribution in [3.63, 3.8) is 0 Å². The smallest absolute Gasteiger partial charge is 0.145 e. The van der Waals surface area contributed by atoms with Gasteiger partial charge in [0, 0.05) is 11.4 Å². The maximum absolute atomic E-state index is 6.04. The van der Waals surface area contributed by atoms with Crippen molar-refractivity contribution in [3.05, 3.63) is 22.8 Å². The molecule has 0 aliphatic heterocycles. The van der Waals surface area contributed by atoms with Crippen LogP contribution in [0.5, 0.6) is 0 Å². The van der Waals surface area contributed by atoms with Gasteiger partial charge in [0.15, 0.2) is 0 Å². The van der Waals surface area contributed by atoms with Crippen molar-refractivity contribution in [1.29, 1.82) is 0 Å². The number of rotatable bonds is 3. The van der Waals surface area contributed by atoms with Gasteiger partial charge in [-0.2, -0.15) is 0 Å². The molecular weight excluding hydrogens is 186 g/mol. The van der Waals surface area contributed by atoms with Crippen LogP contribution in [-0.4, -0.2) is 9.97 Å². The van der Waals surface area contributed by atoms with Crippen molar-refractivity contribution in [2.24, 2.45) is 11.7 Å². The van der Waals surface area contributed by atoms with Gasteiger partial charge in [0.1, 0.15) is 5.82 Å². The van der Waals surface area contributed by atoms with Crippen LogP contribution in [0.15, 0.2) is 0 Å². The molecule has 0 aliphatic carbocycles. The highest BCUT2D eigenvalue weighted by molar-refractivity contribution is 5.24. The van der Waals surface area contributed by atoms with Crippen LogP contribution in [0.4, 0.5) is 0 Å². The average Bonchev–Trinajstić information content (AvgIpc) is 2.15. The molecule has 84 valence electrons. The molecule has 1 aromatic heterocycles. The van der Waals surface area contributed by atoms with E-state index in [4.69, 9.17) is 5.73 Å². The molecule has 0 saturated heterocycles. The van der Waals surface area contributed by atoms with E-state index in [2.05, 4.69) is 30.7 Å². The molecule has 1 heterocycles. The molecular formula is C12H21N3. The normalized spacial score (nSPS) is 13.3. The van der Waals surface area contributed by atoms with Gasteiger partial charge >= 0.3 is 0 Å². The molecule has 1 aromatic rings. The van der Waals surface area contributed by atoms with Gasteiger partial charge in [-0.1, -0.05) is 20.8 Å². The van der Waals surface area contributed by atoms with E-state index in [1.807, 2.05) is 13.8 Å². The fourth-order valence-electron chi connectivity index (χ4n) is 1.72. The molecule has 3 heteroatoms. The summed E-state index contributed by atoms with van der Waals surface area (Å²) >= 11 is 0. The first-order valence-electron chi connectivity index (χ1n) is 5.57. The van der Waals surface area contributed by atoms with Gasteiger partial charge in [-0.05, 0) is 31.7 Å². The number of hydrogen-bond donors (Lipinski definition) is 1. The zero-order valence-electron chi connectivity index (χ0n) is 10.3. The molecule has 0 aromatic carbocycles. The highest BCUT2D eigenvalue weighted by Crippen LogP contribution is 2.18. The van der Waals surface area contributed by atoms with Crippen LogP contribution in [-0.2, 0) is 6.42 Å². The van der Waals surface area contributed by atoms with E-state index in [9.17, 15) is 0 Å². The monoisotopic (exact) mass is 207 g/mol. The molecule has 0 spiro atoms. The SMILES string of the molecule is CCc1c(C)nc(C(N)C(C)C)nc1C. The van der Waals surface area contributed by atoms with Gasteiger partial charge < -0.3 is 5.73 Å². The summed E-state index contributed by atoms with van der Waals surface area (Å²) in [6.45, 7) is 10.4. The summed E-state index contributed by atoms with van der Waals surface area (Å²) < 4.78 is 0. The Bertz CT molecular complexity index is 322. The molecule has 15 heavy (non-hydrogen) atoms. The van der Waals surface area contributed by atoms with E-state index in [0.717, 1.165) is 23.6 Å². The van der Waals surface area contributed by atoms with Crippen LogP contribution in [0.2, 0.25) is 0 Å². The Kier molecular flexibility index (Phi) is 3.80. The summed E-state index contributed by atoms with van der Waals surface area (Å²) in [5.74, 6) is 1.15. The fraction of sp³-hybridized carbons (Fsp3) is 0.667. The van der Waals surface area contributed by atoms with Crippen molar-refractivity contribution in [1.82, 2.24) is 9.97 Å². The fourth-order valence-corrected chi connectivity index (χ4v) is 1.72. The van der Waals surface area contributed by atoms with Crippen LogP contribution in [0.25, 0.3) is 0 Å². The van der Waals surface area contributed by atoms with Gasteiger partial charge in [-0.15, -0.1) is 0 Å². The van der Waals surface area contributed by atoms with E-state index in [-0.39, 0.29) is 6.04 Å². The molecule has 0 aliphatic rings. The van der Waals surface area contributed by atoms with Gasteiger partial charge in [-0.3, -0.25) is 0 Å². The molecule has 0 amide bonds. The summed E-state index contributed by atoms with van der Waals surface area (Å²) in [7, 11) is 0. The average molecular weight is 207 g/mol. The second-order valence-corrected chi connectivity index (χ2v) is 4.35. The van der Waals surface area contributed by atoms with E-state index < -0.39 is 0 Å². The zero-order valence-corrected chi connectivity index (χ0v) is 10.3. The number of nitrogens with two attached hydrogens (primary N) is 1. The third-order valence-electron chi connectivity index (χ3n) is 2.81. The van der Waals surface area contributed by atoms with Gasteiger partial charge in [0.05, 0.1) is 6.04 Å². The predicted molar refractivity (Wildman–Crippen MR) is 62.7 cm³/mol. The quantitative estimate of drug-likeness (QED) is 0.827. The number of aryl methyl sites for hydroxylation is 2. The number of nitrogens with zero attached hydrogens (tertiary/aromatic N) is 2. The Morgan fingerprint density at radius 3 is 1.93 bits per heavy atom. The van der Waals surface area contributed by atoms with Gasteiger partial charge in [-0.25, -0.2) is 9.97 Å². The Labute approximate surface area is 92.1 Å². The summed E-state index contributed by atoms with van der Waals surface area (Å²) in [4.78, 5) is 8.98. The van der Waals surface area contributed by atoms with Crippen LogP contribution >= 0.6 is 0 Å². The van der Waals surface area contributed by atoms with E-state index >= 15 is 0 Å². The highest BCUT2D eigenvalue weighted by Gasteiger charge is 2.15. The summed E-state index contributed by atoms with van der Waals surface area (Å²) in [5.41, 5.74) is 9.42. The van der Waals surface area contributed by atoms with E-state index in [0.29, 0.717) is 5.92 Å². The molecule has 0 bridgehead atoms. The predicted octanol–water partition coefficient (Wildman–Crippen LogP) is 2.31. The van der Waals surface area contributed by atoms with Crippen LogP contribution in [0.3, 0.4) is 0 Å². The zero-order chi connectivity index (χ0) is 11.6. The molecule has 0 saturated carbocycles. The number of aromatic nitrogens is 2. The first-order chi connectivity index (χ1) is 6.97. The Morgan fingerprint density at radius 2 is 1.60 bits per heavy atom. The summed E-state index contributed by atoms with van der Waals surface area (Å²) in [6, 6.07) is -0.0618. The van der Waals surface area contributed by atoms with Crippen LogP contribution < -0.4 is 5.73 Å². The van der Waals surface area contributed by atoms with E-state index in [1.165, 1.54) is 5.56 Å². The molecule has 2 N–H and O–H groups in total. The minimum absolute atomic E-state index is 0.0618. The summed E-state index contributed by atoms with van der Waals surface area (Å²) in [5, 5.41) is 0. The lowest BCUT2D eigenvalue weighted by Crippen LogP contribution is -2.21. The second kappa shape index (κ2) is 4.71. The van der Waals surface area contributed by atoms with Crippen LogP contribution in [0.1, 0.15) is 49.6 Å². The minimum Gasteiger partial charge on any atom is -0.321 e. The molecule has 0 radical (unpaired) electrons. The standard InChI is InChI=1S/C12H21N3/c1-6-10-8(4)14-12(15-9(10)5)11(13)7(2)3/h7,11H,6,13H2,1-5H3. The second-order valence-electron chi connectivity index (χ2n) is 4.35. The molecule has 1 unspecified atom stereocenters. The van der Waals surface area contributed by atoms with Gasteiger partial charge in [0.2, 0.25) is 0 Å². The minimum atomic E-state index is -0.0618. The topological polar surface area (TPSA) is 51.8 Å². The molecule has 0 fully saturated rings. The van der Waals surface area contributed by atoms with Crippen molar-refractivity contribution < 1.29 is 0 Å². The largest absolute Gasteiger partial charge is 0.321 e. The Hall–Kier alpha value is -0.960.